The number of ketones is 1. The van der Waals surface area contributed by atoms with Gasteiger partial charge in [-0.1, -0.05) is 63.5 Å². The molecule has 3 fully saturated rings. The molecule has 3 heterocycles. The van der Waals surface area contributed by atoms with Crippen molar-refractivity contribution in [3.8, 4) is 5.75 Å². The van der Waals surface area contributed by atoms with Gasteiger partial charge in [-0.2, -0.15) is 0 Å². The quantitative estimate of drug-likeness (QED) is 0.0569. The lowest BCUT2D eigenvalue weighted by Crippen LogP contribution is -2.55. The number of thiazole rings is 1. The maximum Gasteiger partial charge on any atom is 0.407 e. The van der Waals surface area contributed by atoms with Gasteiger partial charge in [0.2, 0.25) is 17.6 Å². The Labute approximate surface area is 410 Å². The summed E-state index contributed by atoms with van der Waals surface area (Å²) in [6.45, 7) is 8.46. The largest absolute Gasteiger partial charge is 0.491 e. The summed E-state index contributed by atoms with van der Waals surface area (Å²) in [4.78, 5) is 72.4. The molecule has 0 bridgehead atoms. The number of hydrogen-bond donors (Lipinski definition) is 4. The molecule has 0 spiro atoms. The van der Waals surface area contributed by atoms with Crippen LogP contribution in [-0.2, 0) is 33.3 Å². The Morgan fingerprint density at radius 1 is 0.986 bits per heavy atom. The minimum absolute atomic E-state index is 0.0343. The predicted octanol–water partition coefficient (Wildman–Crippen LogP) is 6.47. The molecule has 1 aromatic carbocycles. The number of carbonyl (C=O) groups is 5. The second kappa shape index (κ2) is 25.4. The summed E-state index contributed by atoms with van der Waals surface area (Å²) < 4.78 is 28.9. The Bertz CT molecular complexity index is 2120. The number of nitrogens with one attached hydrogen (secondary N) is 3. The number of carbonyl (C=O) groups excluding carboxylic acids is 5. The third-order valence-electron chi connectivity index (χ3n) is 14.5. The lowest BCUT2D eigenvalue weighted by molar-refractivity contribution is -0.160. The Morgan fingerprint density at radius 3 is 2.55 bits per heavy atom. The SMILES string of the molecule is CN[C@@H](C)C(=O)N[C@H](C(=O)N1CCC[C@@H]1c1nc(C(=O)c2cccc(OCCOCCOCCNC(=O)O[C@H]3C[C@@H](C)C=C4C=C[C@H](C)[C@H](CC[C@@H]5C[C@@H](O)CC(=O)O5)[C@H]43)c2)cs1)C1CCCCC1. The lowest BCUT2D eigenvalue weighted by atomic mass is 9.65. The number of aromatic nitrogens is 1. The molecule has 69 heavy (non-hydrogen) atoms. The lowest BCUT2D eigenvalue weighted by Gasteiger charge is -2.43. The summed E-state index contributed by atoms with van der Waals surface area (Å²) in [5.41, 5.74) is 1.94. The van der Waals surface area contributed by atoms with E-state index in [1.807, 2.05) is 4.90 Å². The highest BCUT2D eigenvalue weighted by Crippen LogP contribution is 2.45. The first-order valence-electron chi connectivity index (χ1n) is 25.3. The molecule has 5 aliphatic rings. The molecule has 2 saturated heterocycles. The van der Waals surface area contributed by atoms with E-state index in [2.05, 4.69) is 48.0 Å². The van der Waals surface area contributed by atoms with Crippen molar-refractivity contribution in [1.29, 1.82) is 0 Å². The number of cyclic esters (lactones) is 1. The van der Waals surface area contributed by atoms with Gasteiger partial charge in [-0.15, -0.1) is 11.3 Å². The number of benzene rings is 1. The highest BCUT2D eigenvalue weighted by atomic mass is 32.1. The normalized spacial score (nSPS) is 26.8. The van der Waals surface area contributed by atoms with E-state index < -0.39 is 24.3 Å². The molecule has 7 rings (SSSR count). The number of ether oxygens (including phenoxy) is 5. The maximum atomic E-state index is 14.2. The van der Waals surface area contributed by atoms with Crippen LogP contribution in [0.4, 0.5) is 4.79 Å². The average molecular weight is 976 g/mol. The zero-order valence-electron chi connectivity index (χ0n) is 40.7. The fraction of sp³-hybridized carbons (Fsp3) is 0.654. The van der Waals surface area contributed by atoms with Crippen LogP contribution in [0, 0.1) is 29.6 Å². The van der Waals surface area contributed by atoms with Crippen LogP contribution in [0.5, 0.6) is 5.75 Å². The second-order valence-electron chi connectivity index (χ2n) is 19.5. The van der Waals surface area contributed by atoms with Gasteiger partial charge in [0.15, 0.2) is 0 Å². The first-order valence-corrected chi connectivity index (χ1v) is 26.1. The monoisotopic (exact) mass is 976 g/mol. The number of aliphatic hydroxyl groups excluding tert-OH is 1. The molecule has 1 aromatic heterocycles. The third kappa shape index (κ3) is 14.2. The molecule has 0 unspecified atom stereocenters. The van der Waals surface area contributed by atoms with E-state index >= 15 is 0 Å². The molecule has 16 nitrogen and oxygen atoms in total. The highest BCUT2D eigenvalue weighted by molar-refractivity contribution is 7.10. The number of esters is 1. The van der Waals surface area contributed by atoms with Gasteiger partial charge in [0.25, 0.3) is 0 Å². The Balaban J connectivity index is 0.796. The Morgan fingerprint density at radius 2 is 1.77 bits per heavy atom. The maximum absolute atomic E-state index is 14.2. The van der Waals surface area contributed by atoms with Crippen molar-refractivity contribution in [2.45, 2.75) is 134 Å². The number of rotatable bonds is 22. The summed E-state index contributed by atoms with van der Waals surface area (Å²) >= 11 is 1.38. The van der Waals surface area contributed by atoms with E-state index in [4.69, 9.17) is 28.7 Å². The number of allylic oxidation sites excluding steroid dienone is 3. The molecule has 3 amide bonds. The number of nitrogens with zero attached hydrogens (tertiary/aromatic N) is 2. The summed E-state index contributed by atoms with van der Waals surface area (Å²) in [6.07, 6.45) is 14.2. The van der Waals surface area contributed by atoms with Gasteiger partial charge in [-0.05, 0) is 100 Å². The number of aliphatic hydroxyl groups is 1. The summed E-state index contributed by atoms with van der Waals surface area (Å²) in [5.74, 6) is 0.524. The molecule has 2 aromatic rings. The zero-order chi connectivity index (χ0) is 48.9. The summed E-state index contributed by atoms with van der Waals surface area (Å²) in [6, 6.07) is 5.72. The van der Waals surface area contributed by atoms with Gasteiger partial charge in [-0.25, -0.2) is 9.78 Å². The highest BCUT2D eigenvalue weighted by Gasteiger charge is 2.43. The van der Waals surface area contributed by atoms with Crippen LogP contribution in [0.15, 0.2) is 53.4 Å². The molecule has 0 radical (unpaired) electrons. The van der Waals surface area contributed by atoms with Crippen LogP contribution in [0.25, 0.3) is 0 Å². The first kappa shape index (κ1) is 52.2. The van der Waals surface area contributed by atoms with Crippen LogP contribution in [0.1, 0.15) is 125 Å². The van der Waals surface area contributed by atoms with Crippen molar-refractivity contribution in [1.82, 2.24) is 25.8 Å². The van der Waals surface area contributed by atoms with Gasteiger partial charge in [0, 0.05) is 36.4 Å². The van der Waals surface area contributed by atoms with E-state index in [1.54, 1.807) is 43.6 Å². The predicted molar refractivity (Wildman–Crippen MR) is 260 cm³/mol. The van der Waals surface area contributed by atoms with E-state index in [0.29, 0.717) is 56.2 Å². The fourth-order valence-electron chi connectivity index (χ4n) is 10.7. The van der Waals surface area contributed by atoms with E-state index in [1.165, 1.54) is 16.9 Å². The van der Waals surface area contributed by atoms with Crippen LogP contribution >= 0.6 is 11.3 Å². The average Bonchev–Trinajstić information content (AvgIpc) is 4.04. The van der Waals surface area contributed by atoms with Crippen LogP contribution in [0.2, 0.25) is 0 Å². The van der Waals surface area contributed by atoms with Gasteiger partial charge in [0.1, 0.15) is 41.3 Å². The molecule has 10 atom stereocenters. The Hall–Kier alpha value is -4.68. The molecule has 2 aliphatic heterocycles. The Kier molecular flexibility index (Phi) is 19.2. The third-order valence-corrected chi connectivity index (χ3v) is 15.4. The summed E-state index contributed by atoms with van der Waals surface area (Å²) in [5, 5.41) is 21.5. The van der Waals surface area contributed by atoms with E-state index in [0.717, 1.165) is 62.8 Å². The van der Waals surface area contributed by atoms with Gasteiger partial charge < -0.3 is 49.6 Å². The van der Waals surface area contributed by atoms with Crippen molar-refractivity contribution in [3.05, 3.63) is 69.7 Å². The van der Waals surface area contributed by atoms with Crippen molar-refractivity contribution in [3.63, 3.8) is 0 Å². The van der Waals surface area contributed by atoms with E-state index in [9.17, 15) is 29.1 Å². The van der Waals surface area contributed by atoms with Crippen LogP contribution in [0.3, 0.4) is 0 Å². The van der Waals surface area contributed by atoms with Gasteiger partial charge in [-0.3, -0.25) is 19.2 Å². The molecule has 1 saturated carbocycles. The second-order valence-corrected chi connectivity index (χ2v) is 20.4. The van der Waals surface area contributed by atoms with Crippen molar-refractivity contribution >= 4 is 41.0 Å². The minimum atomic E-state index is -0.664. The van der Waals surface area contributed by atoms with E-state index in [-0.39, 0.29) is 97.6 Å². The summed E-state index contributed by atoms with van der Waals surface area (Å²) in [7, 11) is 1.73. The van der Waals surface area contributed by atoms with Crippen LogP contribution < -0.4 is 20.7 Å². The van der Waals surface area contributed by atoms with Crippen molar-refractivity contribution < 1.29 is 52.8 Å². The molecular formula is C52H73N5O11S. The number of likely N-dealkylation sites (tertiary alicyclic amines) is 1. The number of fused-ring (bicyclic) bond motifs is 1. The molecule has 17 heteroatoms. The standard InChI is InChI=1S/C52H73N5O11S/c1-32-26-36-16-15-33(2)41(18-17-40-29-38(58)30-45(59)67-40)46(36)44(27-32)68-52(63)54-19-21-64-22-23-65-24-25-66-39-13-8-12-37(28-39)48(60)42-31-69-50(55-42)43-14-9-20-57(43)51(62)47(35-10-6-5-7-11-35)56-49(61)34(3)53-4/h8,12-13,15-16,26,28,31-35,38,40-41,43-44,46-47,53,58H,5-7,9-11,14,17-25,27,29-30H2,1-4H3,(H,54,63)(H,56,61)/t32-,33-,34-,38+,40+,41-,43+,44-,46-,47-/m0/s1. The molecule has 4 N–H and O–H groups in total. The minimum Gasteiger partial charge on any atom is -0.491 e. The van der Waals surface area contributed by atoms with Crippen LogP contribution in [-0.4, -0.2) is 128 Å². The number of alkyl carbamates (subject to hydrolysis) is 1. The topological polar surface area (TPSA) is 204 Å². The van der Waals surface area contributed by atoms with Gasteiger partial charge >= 0.3 is 12.1 Å². The van der Waals surface area contributed by atoms with Gasteiger partial charge in [0.05, 0.1) is 51.0 Å². The first-order chi connectivity index (χ1) is 33.4. The number of hydrogen-bond acceptors (Lipinski definition) is 14. The smallest absolute Gasteiger partial charge is 0.407 e. The molecule has 3 aliphatic carbocycles. The molecule has 378 valence electrons. The fourth-order valence-corrected chi connectivity index (χ4v) is 11.7. The van der Waals surface area contributed by atoms with Crippen molar-refractivity contribution in [2.75, 3.05) is 53.2 Å². The zero-order valence-corrected chi connectivity index (χ0v) is 41.6. The number of likely N-dealkylation sites (N-methyl/N-ethyl adjacent to an activating group) is 1. The number of amides is 3. The van der Waals surface area contributed by atoms with Crippen molar-refractivity contribution in [2.24, 2.45) is 29.6 Å². The molecular weight excluding hydrogens is 903 g/mol.